The zero-order chi connectivity index (χ0) is 13.9. The first kappa shape index (κ1) is 15.2. The molecule has 4 heteroatoms. The minimum atomic E-state index is 0.0614. The summed E-state index contributed by atoms with van der Waals surface area (Å²) in [6, 6.07) is 8.63. The highest BCUT2D eigenvalue weighted by molar-refractivity contribution is 9.09. The van der Waals surface area contributed by atoms with Crippen molar-refractivity contribution in [2.24, 2.45) is 0 Å². The van der Waals surface area contributed by atoms with Crippen LogP contribution in [0, 0.1) is 13.8 Å². The van der Waals surface area contributed by atoms with E-state index < -0.39 is 0 Å². The van der Waals surface area contributed by atoms with Crippen molar-refractivity contribution in [3.63, 3.8) is 0 Å². The normalized spacial score (nSPS) is 11.8. The van der Waals surface area contributed by atoms with Crippen molar-refractivity contribution in [3.8, 4) is 0 Å². The maximum absolute atomic E-state index is 4.62. The predicted octanol–water partition coefficient (Wildman–Crippen LogP) is 5.03. The molecule has 1 nitrogen and oxygen atoms in total. The number of halogens is 2. The van der Waals surface area contributed by atoms with Crippen LogP contribution in [0.25, 0.3) is 0 Å². The van der Waals surface area contributed by atoms with E-state index in [2.05, 4.69) is 80.3 Å². The number of aromatic nitrogens is 1. The molecule has 0 aliphatic carbocycles. The molecule has 0 N–H and O–H groups in total. The lowest BCUT2D eigenvalue weighted by atomic mass is 9.78. The maximum Gasteiger partial charge on any atom is 0.0897 e. The van der Waals surface area contributed by atoms with Gasteiger partial charge in [-0.05, 0) is 25.0 Å². The highest BCUT2D eigenvalue weighted by Gasteiger charge is 2.32. The number of hydrogen-bond donors (Lipinski definition) is 0. The van der Waals surface area contributed by atoms with Gasteiger partial charge in [-0.1, -0.05) is 56.1 Å². The molecular weight excluding hydrogens is 386 g/mol. The summed E-state index contributed by atoms with van der Waals surface area (Å²) in [5, 5.41) is 5.16. The fourth-order valence-corrected chi connectivity index (χ4v) is 4.92. The highest BCUT2D eigenvalue weighted by atomic mass is 79.9. The first-order chi connectivity index (χ1) is 9.11. The molecule has 1 aromatic heterocycles. The van der Waals surface area contributed by atoms with E-state index in [0.717, 1.165) is 22.1 Å². The van der Waals surface area contributed by atoms with Crippen LogP contribution >= 0.6 is 43.2 Å². The molecule has 0 spiro atoms. The second-order valence-corrected chi connectivity index (χ2v) is 7.08. The van der Waals surface area contributed by atoms with Gasteiger partial charge in [0.25, 0.3) is 0 Å². The molecule has 0 aliphatic rings. The van der Waals surface area contributed by atoms with Crippen LogP contribution in [0.2, 0.25) is 0 Å². The van der Waals surface area contributed by atoms with Crippen molar-refractivity contribution < 1.29 is 0 Å². The fourth-order valence-electron chi connectivity index (χ4n) is 2.37. The predicted molar refractivity (Wildman–Crippen MR) is 91.0 cm³/mol. The van der Waals surface area contributed by atoms with Gasteiger partial charge < -0.3 is 0 Å². The summed E-state index contributed by atoms with van der Waals surface area (Å²) >= 11 is 9.15. The number of thiazole rings is 1. The first-order valence-corrected chi connectivity index (χ1v) is 9.32. The quantitative estimate of drug-likeness (QED) is 0.639. The summed E-state index contributed by atoms with van der Waals surface area (Å²) < 4.78 is 0. The summed E-state index contributed by atoms with van der Waals surface area (Å²) in [6.07, 6.45) is 0.957. The molecular formula is C15H17Br2NS. The van der Waals surface area contributed by atoms with E-state index in [9.17, 15) is 0 Å². The van der Waals surface area contributed by atoms with Crippen molar-refractivity contribution in [2.45, 2.75) is 25.7 Å². The Morgan fingerprint density at radius 3 is 2.37 bits per heavy atom. The molecule has 19 heavy (non-hydrogen) atoms. The third-order valence-corrected chi connectivity index (χ3v) is 6.38. The fraction of sp³-hybridized carbons (Fsp3) is 0.400. The minimum Gasteiger partial charge on any atom is -0.247 e. The average molecular weight is 403 g/mol. The molecule has 1 heterocycles. The highest BCUT2D eigenvalue weighted by Crippen LogP contribution is 2.34. The summed E-state index contributed by atoms with van der Waals surface area (Å²) in [6.45, 7) is 4.24. The molecule has 102 valence electrons. The van der Waals surface area contributed by atoms with Crippen LogP contribution in [0.3, 0.4) is 0 Å². The Balaban J connectivity index is 2.40. The van der Waals surface area contributed by atoms with Gasteiger partial charge in [0, 0.05) is 27.9 Å². The van der Waals surface area contributed by atoms with E-state index in [0.29, 0.717) is 0 Å². The number of nitrogens with zero attached hydrogens (tertiary/aromatic N) is 1. The van der Waals surface area contributed by atoms with E-state index >= 15 is 0 Å². The van der Waals surface area contributed by atoms with Gasteiger partial charge in [0.2, 0.25) is 0 Å². The smallest absolute Gasteiger partial charge is 0.0897 e. The molecule has 0 fully saturated rings. The second kappa shape index (κ2) is 6.51. The molecule has 0 amide bonds. The Morgan fingerprint density at radius 2 is 1.84 bits per heavy atom. The third-order valence-electron chi connectivity index (χ3n) is 3.41. The average Bonchev–Trinajstić information content (AvgIpc) is 2.82. The Kier molecular flexibility index (Phi) is 5.21. The summed E-state index contributed by atoms with van der Waals surface area (Å²) in [5.41, 5.74) is 3.98. The third kappa shape index (κ3) is 3.29. The van der Waals surface area contributed by atoms with Gasteiger partial charge in [0.1, 0.15) is 0 Å². The molecule has 0 bridgehead atoms. The number of hydrogen-bond acceptors (Lipinski definition) is 2. The van der Waals surface area contributed by atoms with Crippen molar-refractivity contribution in [1.29, 1.82) is 0 Å². The van der Waals surface area contributed by atoms with Gasteiger partial charge in [-0.25, -0.2) is 4.98 Å². The van der Waals surface area contributed by atoms with Gasteiger partial charge in [-0.3, -0.25) is 0 Å². The lowest BCUT2D eigenvalue weighted by molar-refractivity contribution is 0.541. The van der Waals surface area contributed by atoms with E-state index in [1.165, 1.54) is 16.8 Å². The monoisotopic (exact) mass is 401 g/mol. The molecule has 0 aliphatic heterocycles. The van der Waals surface area contributed by atoms with Crippen LogP contribution < -0.4 is 0 Å². The first-order valence-electron chi connectivity index (χ1n) is 6.20. The van der Waals surface area contributed by atoms with Crippen LogP contribution in [0.15, 0.2) is 29.6 Å². The molecule has 0 saturated heterocycles. The molecule has 0 unspecified atom stereocenters. The van der Waals surface area contributed by atoms with Crippen LogP contribution in [0.5, 0.6) is 0 Å². The molecule has 0 atom stereocenters. The number of benzene rings is 1. The standard InChI is InChI=1S/C15H17Br2NS/c1-11-5-3-4-6-14(11)15(9-16,10-17)7-13-8-19-12(2)18-13/h3-6,8H,7,9-10H2,1-2H3. The minimum absolute atomic E-state index is 0.0614. The van der Waals surface area contributed by atoms with Crippen LogP contribution in [-0.4, -0.2) is 15.6 Å². The molecule has 2 aromatic rings. The largest absolute Gasteiger partial charge is 0.247 e. The SMILES string of the molecule is Cc1nc(CC(CBr)(CBr)c2ccccc2C)cs1. The molecule has 1 aromatic carbocycles. The Bertz CT molecular complexity index is 547. The topological polar surface area (TPSA) is 12.9 Å². The van der Waals surface area contributed by atoms with Gasteiger partial charge in [0.15, 0.2) is 0 Å². The Hall–Kier alpha value is -0.190. The van der Waals surface area contributed by atoms with Crippen LogP contribution in [0.1, 0.15) is 21.8 Å². The lowest BCUT2D eigenvalue weighted by Gasteiger charge is -2.31. The van der Waals surface area contributed by atoms with E-state index in [-0.39, 0.29) is 5.41 Å². The van der Waals surface area contributed by atoms with Crippen molar-refractivity contribution in [1.82, 2.24) is 4.98 Å². The lowest BCUT2D eigenvalue weighted by Crippen LogP contribution is -2.34. The van der Waals surface area contributed by atoms with E-state index in [1.807, 2.05) is 0 Å². The summed E-state index contributed by atoms with van der Waals surface area (Å²) in [7, 11) is 0. The van der Waals surface area contributed by atoms with Gasteiger partial charge >= 0.3 is 0 Å². The van der Waals surface area contributed by atoms with Gasteiger partial charge in [0.05, 0.1) is 10.7 Å². The van der Waals surface area contributed by atoms with Crippen LogP contribution in [-0.2, 0) is 11.8 Å². The summed E-state index contributed by atoms with van der Waals surface area (Å²) in [5.74, 6) is 0. The number of rotatable bonds is 5. The van der Waals surface area contributed by atoms with Gasteiger partial charge in [-0.15, -0.1) is 11.3 Å². The molecule has 2 rings (SSSR count). The van der Waals surface area contributed by atoms with Crippen molar-refractivity contribution >= 4 is 43.2 Å². The van der Waals surface area contributed by atoms with E-state index in [1.54, 1.807) is 11.3 Å². The van der Waals surface area contributed by atoms with Crippen molar-refractivity contribution in [3.05, 3.63) is 51.5 Å². The zero-order valence-corrected chi connectivity index (χ0v) is 15.1. The number of aryl methyl sites for hydroxylation is 2. The Morgan fingerprint density at radius 1 is 1.16 bits per heavy atom. The van der Waals surface area contributed by atoms with Crippen molar-refractivity contribution in [2.75, 3.05) is 10.7 Å². The van der Waals surface area contributed by atoms with E-state index in [4.69, 9.17) is 0 Å². The number of alkyl halides is 2. The zero-order valence-electron chi connectivity index (χ0n) is 11.1. The molecule has 0 saturated carbocycles. The summed E-state index contributed by atoms with van der Waals surface area (Å²) in [4.78, 5) is 4.62. The second-order valence-electron chi connectivity index (χ2n) is 4.90. The molecule has 0 radical (unpaired) electrons. The Labute approximate surface area is 135 Å². The van der Waals surface area contributed by atoms with Crippen LogP contribution in [0.4, 0.5) is 0 Å². The van der Waals surface area contributed by atoms with Gasteiger partial charge in [-0.2, -0.15) is 0 Å². The maximum atomic E-state index is 4.62.